The van der Waals surface area contributed by atoms with Gasteiger partial charge in [-0.2, -0.15) is 18.3 Å². The molecule has 0 fully saturated rings. The normalized spacial score (nSPS) is 17.4. The van der Waals surface area contributed by atoms with E-state index in [-0.39, 0.29) is 12.2 Å². The van der Waals surface area contributed by atoms with Crippen molar-refractivity contribution in [2.75, 3.05) is 0 Å². The lowest BCUT2D eigenvalue weighted by Crippen LogP contribution is -2.34. The van der Waals surface area contributed by atoms with Crippen LogP contribution in [0, 0.1) is 5.82 Å². The monoisotopic (exact) mass is 360 g/mol. The number of pyridine rings is 1. The Labute approximate surface area is 137 Å². The molecule has 0 bridgehead atoms. The number of hydrogen-bond donors (Lipinski definition) is 1. The van der Waals surface area contributed by atoms with Crippen LogP contribution in [0.5, 0.6) is 0 Å². The number of aliphatic carboxylic acids is 1. The summed E-state index contributed by atoms with van der Waals surface area (Å²) < 4.78 is 54.0. The van der Waals surface area contributed by atoms with Crippen LogP contribution in [0.3, 0.4) is 0 Å². The minimum Gasteiger partial charge on any atom is -0.480 e. The zero-order valence-electron chi connectivity index (χ0n) is 12.6. The minimum absolute atomic E-state index is 0.217. The summed E-state index contributed by atoms with van der Waals surface area (Å²) >= 11 is 0. The second kappa shape index (κ2) is 5.97. The van der Waals surface area contributed by atoms with Gasteiger partial charge in [0.25, 0.3) is 0 Å². The van der Waals surface area contributed by atoms with Crippen molar-refractivity contribution >= 4 is 5.97 Å². The topological polar surface area (TPSA) is 90.0 Å². The van der Waals surface area contributed by atoms with E-state index >= 15 is 0 Å². The predicted molar refractivity (Wildman–Crippen MR) is 74.4 cm³/mol. The molecule has 0 saturated carbocycles. The zero-order chi connectivity index (χ0) is 18.4. The van der Waals surface area contributed by atoms with Gasteiger partial charge in [-0.25, -0.2) is 23.6 Å². The first-order valence-corrected chi connectivity index (χ1v) is 7.31. The van der Waals surface area contributed by atoms with Gasteiger partial charge < -0.3 is 5.11 Å². The molecule has 134 valence electrons. The van der Waals surface area contributed by atoms with Crippen molar-refractivity contribution in [1.29, 1.82) is 0 Å². The molecule has 0 radical (unpaired) electrons. The Hall–Kier alpha value is -2.72. The fraction of sp³-hybridized carbons (Fsp3) is 0.429. The first-order valence-electron chi connectivity index (χ1n) is 7.31. The number of nitrogens with zero attached hydrogens (tertiary/aromatic N) is 4. The summed E-state index contributed by atoms with van der Waals surface area (Å²) in [6.07, 6.45) is -3.06. The van der Waals surface area contributed by atoms with Gasteiger partial charge in [0.15, 0.2) is 11.5 Å². The molecule has 2 aromatic heterocycles. The largest absolute Gasteiger partial charge is 0.480 e. The van der Waals surface area contributed by atoms with Crippen LogP contribution >= 0.6 is 0 Å². The number of carboxylic acid groups (broad SMARTS) is 1. The van der Waals surface area contributed by atoms with Gasteiger partial charge in [-0.1, -0.05) is 0 Å². The number of rotatable bonds is 3. The van der Waals surface area contributed by atoms with E-state index in [1.165, 1.54) is 0 Å². The van der Waals surface area contributed by atoms with Crippen molar-refractivity contribution in [3.8, 4) is 0 Å². The van der Waals surface area contributed by atoms with Crippen LogP contribution < -0.4 is 5.69 Å². The average Bonchev–Trinajstić information content (AvgIpc) is 2.84. The third kappa shape index (κ3) is 3.01. The van der Waals surface area contributed by atoms with E-state index in [4.69, 9.17) is 0 Å². The molecular weight excluding hydrogens is 348 g/mol. The van der Waals surface area contributed by atoms with E-state index in [1.807, 2.05) is 0 Å². The van der Waals surface area contributed by atoms with Gasteiger partial charge in [0, 0.05) is 18.2 Å². The number of alkyl halides is 3. The average molecular weight is 360 g/mol. The van der Waals surface area contributed by atoms with E-state index in [0.29, 0.717) is 12.8 Å². The van der Waals surface area contributed by atoms with Gasteiger partial charge in [0.2, 0.25) is 0 Å². The third-order valence-electron chi connectivity index (χ3n) is 3.97. The molecule has 25 heavy (non-hydrogen) atoms. The van der Waals surface area contributed by atoms with Crippen molar-refractivity contribution in [3.63, 3.8) is 0 Å². The van der Waals surface area contributed by atoms with Crippen molar-refractivity contribution < 1.29 is 27.5 Å². The molecular formula is C14H12F4N4O3. The first-order chi connectivity index (χ1) is 11.7. The first kappa shape index (κ1) is 17.1. The molecule has 11 heteroatoms. The van der Waals surface area contributed by atoms with Crippen LogP contribution in [0.1, 0.15) is 36.0 Å². The smallest absolute Gasteiger partial charge is 0.436 e. The van der Waals surface area contributed by atoms with Crippen molar-refractivity contribution in [2.24, 2.45) is 0 Å². The number of aromatic nitrogens is 4. The summed E-state index contributed by atoms with van der Waals surface area (Å²) in [5.74, 6) is -2.56. The van der Waals surface area contributed by atoms with Crippen molar-refractivity contribution in [3.05, 3.63) is 45.6 Å². The second-order valence-electron chi connectivity index (χ2n) is 5.60. The second-order valence-corrected chi connectivity index (χ2v) is 5.60. The summed E-state index contributed by atoms with van der Waals surface area (Å²) in [5, 5.41) is 13.1. The summed E-state index contributed by atoms with van der Waals surface area (Å²) in [5.41, 5.74) is -2.89. The molecule has 0 saturated heterocycles. The highest BCUT2D eigenvalue weighted by Gasteiger charge is 2.37. The fourth-order valence-electron chi connectivity index (χ4n) is 2.83. The molecule has 1 N–H and O–H groups in total. The van der Waals surface area contributed by atoms with Gasteiger partial charge in [-0.3, -0.25) is 4.57 Å². The van der Waals surface area contributed by atoms with Crippen LogP contribution in [-0.4, -0.2) is 30.4 Å². The van der Waals surface area contributed by atoms with Crippen LogP contribution in [0.2, 0.25) is 0 Å². The van der Waals surface area contributed by atoms with Crippen molar-refractivity contribution in [1.82, 2.24) is 19.3 Å². The number of halogens is 4. The molecule has 0 spiro atoms. The summed E-state index contributed by atoms with van der Waals surface area (Å²) in [6.45, 7) is -0.553. The predicted octanol–water partition coefficient (Wildman–Crippen LogP) is 1.61. The standard InChI is InChI=1S/C14H12F4N4O3/c15-10-7(4-5-19-11(10)14(16,17)18)6-21-13(25)22-8(12(23)24)2-1-3-9(22)20-21/h4-5,8H,1-3,6H2,(H,23,24)/t8-/m0/s1. The van der Waals surface area contributed by atoms with Gasteiger partial charge >= 0.3 is 17.8 Å². The lowest BCUT2D eigenvalue weighted by molar-refractivity contribution is -0.144. The Morgan fingerprint density at radius 2 is 2.12 bits per heavy atom. The van der Waals surface area contributed by atoms with Gasteiger partial charge in [0.1, 0.15) is 11.9 Å². The van der Waals surface area contributed by atoms with E-state index in [0.717, 1.165) is 21.5 Å². The van der Waals surface area contributed by atoms with Gasteiger partial charge in [-0.15, -0.1) is 0 Å². The molecule has 1 aliphatic rings. The minimum atomic E-state index is -4.97. The van der Waals surface area contributed by atoms with Crippen molar-refractivity contribution in [2.45, 2.75) is 38.0 Å². The van der Waals surface area contributed by atoms with E-state index in [9.17, 15) is 32.3 Å². The molecule has 0 amide bonds. The molecule has 0 aliphatic carbocycles. The van der Waals surface area contributed by atoms with Gasteiger partial charge in [-0.05, 0) is 18.9 Å². The molecule has 2 aromatic rings. The molecule has 3 heterocycles. The maximum Gasteiger partial charge on any atom is 0.436 e. The molecule has 3 rings (SSSR count). The molecule has 1 aliphatic heterocycles. The number of hydrogen-bond acceptors (Lipinski definition) is 4. The highest BCUT2D eigenvalue weighted by Crippen LogP contribution is 2.30. The lowest BCUT2D eigenvalue weighted by atomic mass is 10.1. The lowest BCUT2D eigenvalue weighted by Gasteiger charge is -2.19. The van der Waals surface area contributed by atoms with Crippen LogP contribution in [0.25, 0.3) is 0 Å². The quantitative estimate of drug-likeness (QED) is 0.840. The summed E-state index contributed by atoms with van der Waals surface area (Å²) in [6, 6.07) is -0.0673. The Morgan fingerprint density at radius 3 is 2.76 bits per heavy atom. The van der Waals surface area contributed by atoms with E-state index < -0.39 is 47.5 Å². The number of aryl methyl sites for hydroxylation is 1. The number of fused-ring (bicyclic) bond motifs is 1. The maximum absolute atomic E-state index is 14.0. The highest BCUT2D eigenvalue weighted by atomic mass is 19.4. The summed E-state index contributed by atoms with van der Waals surface area (Å²) in [4.78, 5) is 26.6. The maximum atomic E-state index is 14.0. The zero-order valence-corrected chi connectivity index (χ0v) is 12.6. The highest BCUT2D eigenvalue weighted by molar-refractivity contribution is 5.72. The van der Waals surface area contributed by atoms with Crippen LogP contribution in [0.15, 0.2) is 17.1 Å². The third-order valence-corrected chi connectivity index (χ3v) is 3.97. The SMILES string of the molecule is O=C(O)[C@@H]1CCCc2nn(Cc3ccnc(C(F)(F)F)c3F)c(=O)n21. The Kier molecular flexibility index (Phi) is 4.09. The fourth-order valence-corrected chi connectivity index (χ4v) is 2.83. The summed E-state index contributed by atoms with van der Waals surface area (Å²) in [7, 11) is 0. The molecule has 7 nitrogen and oxygen atoms in total. The van der Waals surface area contributed by atoms with Crippen LogP contribution in [0.4, 0.5) is 17.6 Å². The van der Waals surface area contributed by atoms with E-state index in [1.54, 1.807) is 0 Å². The number of carbonyl (C=O) groups is 1. The number of carboxylic acids is 1. The van der Waals surface area contributed by atoms with E-state index in [2.05, 4.69) is 10.1 Å². The Morgan fingerprint density at radius 1 is 1.40 bits per heavy atom. The Bertz CT molecular complexity index is 887. The molecule has 0 aromatic carbocycles. The molecule has 0 unspecified atom stereocenters. The Balaban J connectivity index is 2.01. The van der Waals surface area contributed by atoms with Gasteiger partial charge in [0.05, 0.1) is 6.54 Å². The molecule has 1 atom stereocenters. The van der Waals surface area contributed by atoms with Crippen LogP contribution in [-0.2, 0) is 23.9 Å².